The van der Waals surface area contributed by atoms with Gasteiger partial charge in [-0.25, -0.2) is 9.82 Å². The molecule has 0 saturated carbocycles. The molecule has 0 bridgehead atoms. The van der Waals surface area contributed by atoms with E-state index in [1.165, 1.54) is 48.7 Å². The second-order valence-corrected chi connectivity index (χ2v) is 7.19. The number of nitro groups is 1. The fourth-order valence-electron chi connectivity index (χ4n) is 3.52. The number of hydrogen-bond acceptors (Lipinski definition) is 5. The third-order valence-corrected chi connectivity index (χ3v) is 5.14. The van der Waals surface area contributed by atoms with E-state index in [1.807, 2.05) is 0 Å². The highest BCUT2D eigenvalue weighted by atomic mass is 19.1. The van der Waals surface area contributed by atoms with Crippen LogP contribution in [0.2, 0.25) is 0 Å². The monoisotopic (exact) mass is 444 g/mol. The Labute approximate surface area is 187 Å². The van der Waals surface area contributed by atoms with E-state index in [1.54, 1.807) is 35.7 Å². The van der Waals surface area contributed by atoms with Crippen LogP contribution in [0.4, 0.5) is 10.1 Å². The van der Waals surface area contributed by atoms with Gasteiger partial charge in [-0.3, -0.25) is 19.7 Å². The van der Waals surface area contributed by atoms with Crippen LogP contribution in [-0.4, -0.2) is 27.2 Å². The molecule has 0 aliphatic rings. The number of amides is 1. The topological polar surface area (TPSA) is 106 Å². The van der Waals surface area contributed by atoms with E-state index in [0.717, 1.165) is 6.07 Å². The van der Waals surface area contributed by atoms with Gasteiger partial charge in [-0.1, -0.05) is 12.1 Å². The zero-order valence-corrected chi connectivity index (χ0v) is 17.4. The Hall–Kier alpha value is -4.66. The molecule has 0 atom stereocenters. The van der Waals surface area contributed by atoms with Crippen molar-refractivity contribution in [2.75, 3.05) is 0 Å². The molecule has 2 aromatic heterocycles. The van der Waals surface area contributed by atoms with Crippen LogP contribution in [0.25, 0.3) is 5.52 Å². The number of benzene rings is 2. The number of ketones is 1. The lowest BCUT2D eigenvalue weighted by Gasteiger charge is -2.04. The third-order valence-electron chi connectivity index (χ3n) is 5.14. The Morgan fingerprint density at radius 1 is 1.06 bits per heavy atom. The maximum absolute atomic E-state index is 13.3. The Bertz CT molecular complexity index is 1420. The Kier molecular flexibility index (Phi) is 5.77. The smallest absolute Gasteiger partial charge is 0.271 e. The lowest BCUT2D eigenvalue weighted by molar-refractivity contribution is -0.384. The molecule has 0 aliphatic carbocycles. The number of aromatic nitrogens is 1. The Morgan fingerprint density at radius 2 is 1.82 bits per heavy atom. The van der Waals surface area contributed by atoms with Crippen LogP contribution < -0.4 is 5.43 Å². The number of nitrogens with zero attached hydrogens (tertiary/aromatic N) is 3. The molecule has 9 heteroatoms. The van der Waals surface area contributed by atoms with E-state index in [0.29, 0.717) is 27.9 Å². The van der Waals surface area contributed by atoms with Crippen molar-refractivity contribution in [1.29, 1.82) is 0 Å². The van der Waals surface area contributed by atoms with Gasteiger partial charge in [-0.2, -0.15) is 5.10 Å². The van der Waals surface area contributed by atoms with Crippen LogP contribution >= 0.6 is 0 Å². The van der Waals surface area contributed by atoms with E-state index < -0.39 is 16.6 Å². The largest absolute Gasteiger partial charge is 0.313 e. The van der Waals surface area contributed by atoms with E-state index in [-0.39, 0.29) is 17.0 Å². The summed E-state index contributed by atoms with van der Waals surface area (Å²) in [6.07, 6.45) is 3.15. The average Bonchev–Trinajstić information content (AvgIpc) is 3.10. The van der Waals surface area contributed by atoms with E-state index in [4.69, 9.17) is 0 Å². The normalized spacial score (nSPS) is 11.1. The minimum Gasteiger partial charge on any atom is -0.313 e. The number of carbonyl (C=O) groups is 2. The van der Waals surface area contributed by atoms with Crippen molar-refractivity contribution in [3.63, 3.8) is 0 Å². The number of carbonyl (C=O) groups excluding carboxylic acids is 2. The highest BCUT2D eigenvalue weighted by molar-refractivity contribution is 6.12. The number of hydrazone groups is 1. The minimum atomic E-state index is -0.612. The van der Waals surface area contributed by atoms with Crippen molar-refractivity contribution < 1.29 is 18.9 Å². The zero-order chi connectivity index (χ0) is 23.5. The lowest BCUT2D eigenvalue weighted by atomic mass is 10.0. The molecule has 33 heavy (non-hydrogen) atoms. The summed E-state index contributed by atoms with van der Waals surface area (Å²) in [7, 11) is 0. The Balaban J connectivity index is 1.65. The molecule has 164 valence electrons. The molecule has 4 aromatic rings. The predicted molar refractivity (Wildman–Crippen MR) is 120 cm³/mol. The first-order chi connectivity index (χ1) is 15.9. The number of nitro benzene ring substituents is 1. The highest BCUT2D eigenvalue weighted by Gasteiger charge is 2.21. The summed E-state index contributed by atoms with van der Waals surface area (Å²) in [5.74, 6) is -1.33. The van der Waals surface area contributed by atoms with E-state index in [9.17, 15) is 24.1 Å². The van der Waals surface area contributed by atoms with Gasteiger partial charge in [0, 0.05) is 35.0 Å². The second kappa shape index (κ2) is 8.83. The van der Waals surface area contributed by atoms with Gasteiger partial charge < -0.3 is 4.40 Å². The summed E-state index contributed by atoms with van der Waals surface area (Å²) in [6, 6.07) is 16.0. The fraction of sp³-hybridized carbons (Fsp3) is 0.0417. The molecular formula is C24H17FN4O4. The van der Waals surface area contributed by atoms with Crippen molar-refractivity contribution in [3.8, 4) is 0 Å². The molecule has 2 aromatic carbocycles. The van der Waals surface area contributed by atoms with Crippen molar-refractivity contribution in [1.82, 2.24) is 9.83 Å². The molecule has 0 spiro atoms. The standard InChI is InChI=1S/C24H17FN4O4/c1-15-20(14-26-27-24(31)17-5-4-6-19(13-17)29(32)33)21-7-2-3-12-28(21)22(15)23(30)16-8-10-18(25)11-9-16/h2-14H,1H3,(H,27,31). The van der Waals surface area contributed by atoms with Gasteiger partial charge in [0.25, 0.3) is 11.6 Å². The molecule has 0 saturated heterocycles. The van der Waals surface area contributed by atoms with E-state index >= 15 is 0 Å². The molecule has 0 radical (unpaired) electrons. The molecule has 0 fully saturated rings. The average molecular weight is 444 g/mol. The number of nitrogens with one attached hydrogen (secondary N) is 1. The number of non-ortho nitro benzene ring substituents is 1. The van der Waals surface area contributed by atoms with Gasteiger partial charge >= 0.3 is 0 Å². The van der Waals surface area contributed by atoms with Gasteiger partial charge in [0.15, 0.2) is 0 Å². The molecule has 1 amide bonds. The zero-order valence-electron chi connectivity index (χ0n) is 17.4. The van der Waals surface area contributed by atoms with Crippen LogP contribution in [0.15, 0.2) is 78.0 Å². The molecule has 1 N–H and O–H groups in total. The van der Waals surface area contributed by atoms with Crippen LogP contribution in [0, 0.1) is 22.9 Å². The van der Waals surface area contributed by atoms with Crippen LogP contribution in [-0.2, 0) is 0 Å². The van der Waals surface area contributed by atoms with E-state index in [2.05, 4.69) is 10.5 Å². The van der Waals surface area contributed by atoms with Crippen molar-refractivity contribution >= 4 is 29.1 Å². The van der Waals surface area contributed by atoms with Crippen molar-refractivity contribution in [2.24, 2.45) is 5.10 Å². The first kappa shape index (κ1) is 21.6. The molecule has 2 heterocycles. The highest BCUT2D eigenvalue weighted by Crippen LogP contribution is 2.24. The summed E-state index contributed by atoms with van der Waals surface area (Å²) in [5, 5.41) is 14.9. The Morgan fingerprint density at radius 3 is 2.55 bits per heavy atom. The van der Waals surface area contributed by atoms with Crippen molar-refractivity contribution in [3.05, 3.63) is 117 Å². The van der Waals surface area contributed by atoms with Crippen LogP contribution in [0.3, 0.4) is 0 Å². The maximum Gasteiger partial charge on any atom is 0.271 e. The summed E-state index contributed by atoms with van der Waals surface area (Å²) < 4.78 is 15.0. The minimum absolute atomic E-state index is 0.0898. The molecule has 8 nitrogen and oxygen atoms in total. The maximum atomic E-state index is 13.3. The number of fused-ring (bicyclic) bond motifs is 1. The molecule has 0 unspecified atom stereocenters. The molecule has 0 aliphatic heterocycles. The van der Waals surface area contributed by atoms with Gasteiger partial charge in [0.1, 0.15) is 5.82 Å². The van der Waals surface area contributed by atoms with Crippen molar-refractivity contribution in [2.45, 2.75) is 6.92 Å². The number of halogens is 1. The van der Waals surface area contributed by atoms with Crippen LogP contribution in [0.1, 0.15) is 37.5 Å². The lowest BCUT2D eigenvalue weighted by Crippen LogP contribution is -2.17. The van der Waals surface area contributed by atoms with Gasteiger partial charge in [-0.15, -0.1) is 0 Å². The third kappa shape index (κ3) is 4.24. The number of hydrogen-bond donors (Lipinski definition) is 1. The summed E-state index contributed by atoms with van der Waals surface area (Å²) in [4.78, 5) is 35.8. The predicted octanol–water partition coefficient (Wildman–Crippen LogP) is 4.29. The first-order valence-electron chi connectivity index (χ1n) is 9.84. The quantitative estimate of drug-likeness (QED) is 0.207. The summed E-state index contributed by atoms with van der Waals surface area (Å²) in [5.41, 5.74) is 4.90. The fourth-order valence-corrected chi connectivity index (χ4v) is 3.52. The summed E-state index contributed by atoms with van der Waals surface area (Å²) in [6.45, 7) is 1.76. The van der Waals surface area contributed by atoms with Crippen LogP contribution in [0.5, 0.6) is 0 Å². The number of rotatable bonds is 6. The molecular weight excluding hydrogens is 427 g/mol. The first-order valence-corrected chi connectivity index (χ1v) is 9.84. The van der Waals surface area contributed by atoms with Gasteiger partial charge in [0.05, 0.1) is 22.3 Å². The summed E-state index contributed by atoms with van der Waals surface area (Å²) >= 11 is 0. The van der Waals surface area contributed by atoms with Gasteiger partial charge in [0.2, 0.25) is 5.78 Å². The SMILES string of the molecule is Cc1c(C=NNC(=O)c2cccc([N+](=O)[O-])c2)c2ccccn2c1C(=O)c1ccc(F)cc1. The second-order valence-electron chi connectivity index (χ2n) is 7.19. The number of pyridine rings is 1. The molecule has 4 rings (SSSR count). The van der Waals surface area contributed by atoms with Gasteiger partial charge in [-0.05, 0) is 55.0 Å².